The minimum absolute atomic E-state index is 0.114. The molecule has 5 nitrogen and oxygen atoms in total. The van der Waals surface area contributed by atoms with Gasteiger partial charge in [-0.05, 0) is 60.5 Å². The van der Waals surface area contributed by atoms with Gasteiger partial charge in [0.15, 0.2) is 0 Å². The zero-order valence-electron chi connectivity index (χ0n) is 16.1. The summed E-state index contributed by atoms with van der Waals surface area (Å²) in [4.78, 5) is 16.0. The van der Waals surface area contributed by atoms with Crippen LogP contribution < -0.4 is 4.72 Å². The predicted octanol–water partition coefficient (Wildman–Crippen LogP) is 5.38. The van der Waals surface area contributed by atoms with Gasteiger partial charge in [-0.25, -0.2) is 8.42 Å². The van der Waals surface area contributed by atoms with Crippen LogP contribution in [-0.4, -0.2) is 25.4 Å². The van der Waals surface area contributed by atoms with Crippen LogP contribution in [0.2, 0.25) is 10.0 Å². The lowest BCUT2D eigenvalue weighted by Gasteiger charge is -2.14. The lowest BCUT2D eigenvalue weighted by atomic mass is 9.97. The summed E-state index contributed by atoms with van der Waals surface area (Å²) in [6.45, 7) is 3.84. The fourth-order valence-corrected chi connectivity index (χ4v) is 4.15. The maximum Gasteiger partial charge on any atom is 0.229 e. The molecule has 1 atom stereocenters. The summed E-state index contributed by atoms with van der Waals surface area (Å²) in [6.07, 6.45) is 1.08. The van der Waals surface area contributed by atoms with Crippen LogP contribution in [0.4, 0.5) is 5.69 Å². The van der Waals surface area contributed by atoms with Gasteiger partial charge in [0, 0.05) is 32.9 Å². The summed E-state index contributed by atoms with van der Waals surface area (Å²) in [5.74, 6) is -0.239. The zero-order chi connectivity index (χ0) is 21.3. The summed E-state index contributed by atoms with van der Waals surface area (Å²) >= 11 is 12.3. The van der Waals surface area contributed by atoms with Crippen molar-refractivity contribution in [3.8, 4) is 0 Å². The van der Waals surface area contributed by atoms with Gasteiger partial charge in [-0.15, -0.1) is 0 Å². The summed E-state index contributed by atoms with van der Waals surface area (Å²) in [5, 5.41) is 1.01. The molecule has 1 unspecified atom stereocenters. The fourth-order valence-electron chi connectivity index (χ4n) is 3.12. The van der Waals surface area contributed by atoms with Gasteiger partial charge in [0.05, 0.1) is 11.9 Å². The molecule has 0 aliphatic heterocycles. The Morgan fingerprint density at radius 1 is 1.07 bits per heavy atom. The minimum Gasteiger partial charge on any atom is -0.355 e. The first-order valence-electron chi connectivity index (χ1n) is 8.82. The number of aryl methyl sites for hydroxylation is 1. The number of anilines is 1. The average Bonchev–Trinajstić information content (AvgIpc) is 3.02. The van der Waals surface area contributed by atoms with E-state index in [9.17, 15) is 13.2 Å². The van der Waals surface area contributed by atoms with Crippen LogP contribution in [0.3, 0.4) is 0 Å². The maximum absolute atomic E-state index is 12.8. The number of benzene rings is 2. The van der Waals surface area contributed by atoms with E-state index in [-0.39, 0.29) is 11.7 Å². The van der Waals surface area contributed by atoms with Gasteiger partial charge >= 0.3 is 0 Å². The second kappa shape index (κ2) is 8.22. The first-order chi connectivity index (χ1) is 13.5. The van der Waals surface area contributed by atoms with E-state index in [0.717, 1.165) is 23.1 Å². The van der Waals surface area contributed by atoms with Gasteiger partial charge in [-0.3, -0.25) is 9.52 Å². The molecule has 8 heteroatoms. The Kier molecular flexibility index (Phi) is 6.08. The number of hydrogen-bond acceptors (Lipinski definition) is 3. The highest BCUT2D eigenvalue weighted by Crippen LogP contribution is 2.33. The standard InChI is InChI=1S/C21H20Cl2N2O3S/c1-12-10-19(24-20(12)21(26)14-4-6-15(22)7-5-14)13(2)17-9-8-16(11-18(17)23)25-29(3,27)28/h4-11,13,24-25H,1-3H3. The Bertz CT molecular complexity index is 1170. The largest absolute Gasteiger partial charge is 0.355 e. The number of H-pyrrole nitrogens is 1. The number of carbonyl (C=O) groups excluding carboxylic acids is 1. The van der Waals surface area contributed by atoms with Gasteiger partial charge in [0.25, 0.3) is 0 Å². The van der Waals surface area contributed by atoms with Gasteiger partial charge in [0.2, 0.25) is 15.8 Å². The Balaban J connectivity index is 1.89. The molecular formula is C21H20Cl2N2O3S. The molecule has 2 aromatic carbocycles. The highest BCUT2D eigenvalue weighted by Gasteiger charge is 2.20. The van der Waals surface area contributed by atoms with Crippen LogP contribution in [0.5, 0.6) is 0 Å². The first kappa shape index (κ1) is 21.4. The molecule has 3 aromatic rings. The number of hydrogen-bond donors (Lipinski definition) is 2. The SMILES string of the molecule is Cc1cc(C(C)c2ccc(NS(C)(=O)=O)cc2Cl)[nH]c1C(=O)c1ccc(Cl)cc1. The number of halogens is 2. The molecule has 29 heavy (non-hydrogen) atoms. The van der Waals surface area contributed by atoms with E-state index >= 15 is 0 Å². The van der Waals surface area contributed by atoms with E-state index in [4.69, 9.17) is 23.2 Å². The summed E-state index contributed by atoms with van der Waals surface area (Å²) in [5.41, 5.74) is 3.95. The number of rotatable bonds is 6. The molecule has 0 radical (unpaired) electrons. The number of aromatic nitrogens is 1. The molecule has 0 bridgehead atoms. The molecule has 0 saturated heterocycles. The van der Waals surface area contributed by atoms with Crippen LogP contribution in [0.1, 0.15) is 45.7 Å². The van der Waals surface area contributed by atoms with Crippen molar-refractivity contribution in [3.05, 3.63) is 86.7 Å². The van der Waals surface area contributed by atoms with Crippen LogP contribution in [-0.2, 0) is 10.0 Å². The maximum atomic E-state index is 12.8. The van der Waals surface area contributed by atoms with E-state index in [1.807, 2.05) is 19.9 Å². The normalized spacial score (nSPS) is 12.6. The Hall–Kier alpha value is -2.28. The minimum atomic E-state index is -3.38. The third kappa shape index (κ3) is 5.01. The fraction of sp³-hybridized carbons (Fsp3) is 0.190. The number of ketones is 1. The third-order valence-corrected chi connectivity index (χ3v) is 5.79. The second-order valence-electron chi connectivity index (χ2n) is 6.95. The van der Waals surface area contributed by atoms with Crippen molar-refractivity contribution in [1.82, 2.24) is 4.98 Å². The van der Waals surface area contributed by atoms with Crippen molar-refractivity contribution in [1.29, 1.82) is 0 Å². The third-order valence-electron chi connectivity index (χ3n) is 4.61. The van der Waals surface area contributed by atoms with Gasteiger partial charge in [0.1, 0.15) is 0 Å². The van der Waals surface area contributed by atoms with Crippen molar-refractivity contribution in [2.24, 2.45) is 0 Å². The second-order valence-corrected chi connectivity index (χ2v) is 9.54. The molecule has 0 aliphatic rings. The van der Waals surface area contributed by atoms with E-state index in [1.165, 1.54) is 0 Å². The van der Waals surface area contributed by atoms with E-state index in [0.29, 0.717) is 27.0 Å². The Labute approximate surface area is 180 Å². The molecule has 0 aliphatic carbocycles. The Morgan fingerprint density at radius 2 is 1.72 bits per heavy atom. The van der Waals surface area contributed by atoms with Crippen LogP contribution in [0, 0.1) is 6.92 Å². The van der Waals surface area contributed by atoms with Crippen molar-refractivity contribution in [2.45, 2.75) is 19.8 Å². The molecule has 1 aromatic heterocycles. The summed E-state index contributed by atoms with van der Waals surface area (Å²) in [7, 11) is -3.38. The first-order valence-corrected chi connectivity index (χ1v) is 11.5. The van der Waals surface area contributed by atoms with Crippen molar-refractivity contribution in [2.75, 3.05) is 11.0 Å². The number of carbonyl (C=O) groups is 1. The Morgan fingerprint density at radius 3 is 2.31 bits per heavy atom. The molecule has 0 amide bonds. The zero-order valence-corrected chi connectivity index (χ0v) is 18.4. The average molecular weight is 451 g/mol. The number of nitrogens with one attached hydrogen (secondary N) is 2. The van der Waals surface area contributed by atoms with E-state index in [2.05, 4.69) is 9.71 Å². The van der Waals surface area contributed by atoms with Crippen molar-refractivity contribution in [3.63, 3.8) is 0 Å². The topological polar surface area (TPSA) is 79.0 Å². The highest BCUT2D eigenvalue weighted by atomic mass is 35.5. The lowest BCUT2D eigenvalue weighted by molar-refractivity contribution is 0.103. The number of aromatic amines is 1. The quantitative estimate of drug-likeness (QED) is 0.494. The van der Waals surface area contributed by atoms with Gasteiger partial charge in [-0.2, -0.15) is 0 Å². The van der Waals surface area contributed by atoms with E-state index < -0.39 is 10.0 Å². The molecule has 152 valence electrons. The smallest absolute Gasteiger partial charge is 0.229 e. The van der Waals surface area contributed by atoms with Crippen LogP contribution in [0.25, 0.3) is 0 Å². The van der Waals surface area contributed by atoms with Crippen molar-refractivity contribution >= 4 is 44.7 Å². The van der Waals surface area contributed by atoms with Crippen LogP contribution in [0.15, 0.2) is 48.5 Å². The van der Waals surface area contributed by atoms with Crippen LogP contribution >= 0.6 is 23.2 Å². The van der Waals surface area contributed by atoms with Crippen molar-refractivity contribution < 1.29 is 13.2 Å². The van der Waals surface area contributed by atoms with E-state index in [1.54, 1.807) is 42.5 Å². The monoisotopic (exact) mass is 450 g/mol. The summed E-state index contributed by atoms with van der Waals surface area (Å²) in [6, 6.07) is 13.7. The summed E-state index contributed by atoms with van der Waals surface area (Å²) < 4.78 is 25.2. The lowest BCUT2D eigenvalue weighted by Crippen LogP contribution is -2.09. The highest BCUT2D eigenvalue weighted by molar-refractivity contribution is 7.92. The molecule has 0 fully saturated rings. The molecule has 0 spiro atoms. The molecule has 2 N–H and O–H groups in total. The molecule has 3 rings (SSSR count). The molecular weight excluding hydrogens is 431 g/mol. The molecule has 0 saturated carbocycles. The van der Waals surface area contributed by atoms with Gasteiger partial charge in [-0.1, -0.05) is 36.2 Å². The number of sulfonamides is 1. The molecule has 1 heterocycles. The predicted molar refractivity (Wildman–Crippen MR) is 118 cm³/mol. The van der Waals surface area contributed by atoms with Gasteiger partial charge < -0.3 is 4.98 Å².